The first-order valence-electron chi connectivity index (χ1n) is 7.56. The van der Waals surface area contributed by atoms with E-state index >= 15 is 0 Å². The van der Waals surface area contributed by atoms with Gasteiger partial charge in [0.2, 0.25) is 0 Å². The van der Waals surface area contributed by atoms with Crippen molar-refractivity contribution in [2.45, 2.75) is 36.8 Å². The number of halogens is 2. The van der Waals surface area contributed by atoms with Crippen molar-refractivity contribution in [2.75, 3.05) is 11.3 Å². The second kappa shape index (κ2) is 6.86. The Labute approximate surface area is 138 Å². The van der Waals surface area contributed by atoms with Crippen LogP contribution in [0.2, 0.25) is 0 Å². The number of aromatic nitrogens is 2. The van der Waals surface area contributed by atoms with Crippen LogP contribution in [-0.2, 0) is 21.3 Å². The van der Waals surface area contributed by atoms with Gasteiger partial charge in [-0.1, -0.05) is 0 Å². The third-order valence-electron chi connectivity index (χ3n) is 3.73. The van der Waals surface area contributed by atoms with Gasteiger partial charge >= 0.3 is 0 Å². The van der Waals surface area contributed by atoms with Crippen molar-refractivity contribution in [3.05, 3.63) is 42.2 Å². The lowest BCUT2D eigenvalue weighted by Crippen LogP contribution is -2.24. The third-order valence-corrected chi connectivity index (χ3v) is 5.15. The lowest BCUT2D eigenvalue weighted by atomic mass is 10.1. The predicted octanol–water partition coefficient (Wildman–Crippen LogP) is 2.53. The Bertz CT molecular complexity index is 817. The SMILES string of the molecule is O=S(=O)(Nc1cnn(CC2CCCCO2)c1)c1ccc(F)cc1F. The molecule has 0 spiro atoms. The van der Waals surface area contributed by atoms with Gasteiger partial charge in [0.05, 0.1) is 24.5 Å². The van der Waals surface area contributed by atoms with Crippen LogP contribution >= 0.6 is 0 Å². The quantitative estimate of drug-likeness (QED) is 0.892. The molecule has 6 nitrogen and oxygen atoms in total. The largest absolute Gasteiger partial charge is 0.376 e. The Balaban J connectivity index is 1.71. The van der Waals surface area contributed by atoms with Crippen molar-refractivity contribution in [1.29, 1.82) is 0 Å². The first kappa shape index (κ1) is 16.8. The smallest absolute Gasteiger partial charge is 0.264 e. The average molecular weight is 357 g/mol. The maximum absolute atomic E-state index is 13.7. The van der Waals surface area contributed by atoms with E-state index in [2.05, 4.69) is 9.82 Å². The molecule has 0 aliphatic carbocycles. The number of hydrogen-bond acceptors (Lipinski definition) is 4. The number of ether oxygens (including phenoxy) is 1. The van der Waals surface area contributed by atoms with E-state index in [1.54, 1.807) is 4.68 Å². The molecule has 1 aliphatic rings. The number of sulfonamides is 1. The van der Waals surface area contributed by atoms with Gasteiger partial charge in [0, 0.05) is 18.9 Å². The molecule has 3 rings (SSSR count). The van der Waals surface area contributed by atoms with Crippen molar-refractivity contribution >= 4 is 15.7 Å². The Morgan fingerprint density at radius 1 is 1.33 bits per heavy atom. The van der Waals surface area contributed by atoms with Crippen LogP contribution in [0.25, 0.3) is 0 Å². The highest BCUT2D eigenvalue weighted by Gasteiger charge is 2.21. The minimum Gasteiger partial charge on any atom is -0.376 e. The summed E-state index contributed by atoms with van der Waals surface area (Å²) in [7, 11) is -4.16. The van der Waals surface area contributed by atoms with Gasteiger partial charge in [-0.25, -0.2) is 17.2 Å². The highest BCUT2D eigenvalue weighted by molar-refractivity contribution is 7.92. The van der Waals surface area contributed by atoms with Crippen molar-refractivity contribution in [1.82, 2.24) is 9.78 Å². The lowest BCUT2D eigenvalue weighted by Gasteiger charge is -2.22. The molecular weight excluding hydrogens is 340 g/mol. The van der Waals surface area contributed by atoms with E-state index in [0.717, 1.165) is 38.0 Å². The molecule has 1 aromatic carbocycles. The number of hydrogen-bond donors (Lipinski definition) is 1. The normalized spacial score (nSPS) is 18.5. The summed E-state index contributed by atoms with van der Waals surface area (Å²) < 4.78 is 60.4. The first-order valence-corrected chi connectivity index (χ1v) is 9.04. The van der Waals surface area contributed by atoms with Gasteiger partial charge in [-0.2, -0.15) is 5.10 Å². The fourth-order valence-electron chi connectivity index (χ4n) is 2.58. The van der Waals surface area contributed by atoms with Gasteiger partial charge in [0.15, 0.2) is 0 Å². The average Bonchev–Trinajstić information content (AvgIpc) is 2.94. The zero-order valence-electron chi connectivity index (χ0n) is 12.8. The highest BCUT2D eigenvalue weighted by Crippen LogP contribution is 2.20. The van der Waals surface area contributed by atoms with Crippen LogP contribution in [0.5, 0.6) is 0 Å². The number of anilines is 1. The second-order valence-electron chi connectivity index (χ2n) is 5.62. The molecule has 0 amide bonds. The zero-order chi connectivity index (χ0) is 17.2. The molecule has 0 saturated carbocycles. The third kappa shape index (κ3) is 3.90. The molecule has 1 saturated heterocycles. The Hall–Kier alpha value is -2.00. The molecule has 1 aliphatic heterocycles. The second-order valence-corrected chi connectivity index (χ2v) is 7.27. The summed E-state index contributed by atoms with van der Waals surface area (Å²) in [5, 5.41) is 4.08. The summed E-state index contributed by atoms with van der Waals surface area (Å²) >= 11 is 0. The van der Waals surface area contributed by atoms with Gasteiger partial charge in [0.1, 0.15) is 16.5 Å². The van der Waals surface area contributed by atoms with Crippen molar-refractivity contribution < 1.29 is 21.9 Å². The van der Waals surface area contributed by atoms with Crippen molar-refractivity contribution in [3.8, 4) is 0 Å². The van der Waals surface area contributed by atoms with E-state index < -0.39 is 26.6 Å². The zero-order valence-corrected chi connectivity index (χ0v) is 13.6. The van der Waals surface area contributed by atoms with Crippen molar-refractivity contribution in [2.24, 2.45) is 0 Å². The van der Waals surface area contributed by atoms with Crippen LogP contribution in [0.15, 0.2) is 35.5 Å². The van der Waals surface area contributed by atoms with E-state index in [1.165, 1.54) is 12.4 Å². The molecule has 1 aromatic heterocycles. The van der Waals surface area contributed by atoms with Gasteiger partial charge in [-0.3, -0.25) is 9.40 Å². The minimum atomic E-state index is -4.16. The van der Waals surface area contributed by atoms with Gasteiger partial charge in [0.25, 0.3) is 10.0 Å². The summed E-state index contributed by atoms with van der Waals surface area (Å²) in [6.07, 6.45) is 5.97. The van der Waals surface area contributed by atoms with E-state index in [-0.39, 0.29) is 11.8 Å². The summed E-state index contributed by atoms with van der Waals surface area (Å²) in [5.74, 6) is -1.99. The highest BCUT2D eigenvalue weighted by atomic mass is 32.2. The predicted molar refractivity (Wildman–Crippen MR) is 83.0 cm³/mol. The Morgan fingerprint density at radius 2 is 2.17 bits per heavy atom. The fraction of sp³-hybridized carbons (Fsp3) is 0.400. The molecule has 2 aromatic rings. The van der Waals surface area contributed by atoms with Crippen molar-refractivity contribution in [3.63, 3.8) is 0 Å². The van der Waals surface area contributed by atoms with Crippen LogP contribution < -0.4 is 4.72 Å². The summed E-state index contributed by atoms with van der Waals surface area (Å²) in [6, 6.07) is 2.30. The van der Waals surface area contributed by atoms with E-state index in [9.17, 15) is 17.2 Å². The number of benzene rings is 1. The molecule has 1 fully saturated rings. The van der Waals surface area contributed by atoms with Crippen LogP contribution in [0, 0.1) is 11.6 Å². The van der Waals surface area contributed by atoms with E-state index in [1.807, 2.05) is 0 Å². The van der Waals surface area contributed by atoms with E-state index in [4.69, 9.17) is 4.74 Å². The van der Waals surface area contributed by atoms with Crippen LogP contribution in [0.4, 0.5) is 14.5 Å². The molecule has 0 bridgehead atoms. The Morgan fingerprint density at radius 3 is 2.88 bits per heavy atom. The van der Waals surface area contributed by atoms with Crippen LogP contribution in [-0.4, -0.2) is 30.9 Å². The van der Waals surface area contributed by atoms with Crippen LogP contribution in [0.3, 0.4) is 0 Å². The van der Waals surface area contributed by atoms with Crippen LogP contribution in [0.1, 0.15) is 19.3 Å². The molecule has 1 atom stereocenters. The molecule has 130 valence electrons. The Kier molecular flexibility index (Phi) is 4.81. The monoisotopic (exact) mass is 357 g/mol. The molecule has 1 unspecified atom stereocenters. The van der Waals surface area contributed by atoms with Gasteiger partial charge in [-0.05, 0) is 31.4 Å². The minimum absolute atomic E-state index is 0.0534. The summed E-state index contributed by atoms with van der Waals surface area (Å²) in [4.78, 5) is -0.618. The van der Waals surface area contributed by atoms with E-state index in [0.29, 0.717) is 12.6 Å². The fourth-order valence-corrected chi connectivity index (χ4v) is 3.67. The molecular formula is C15H17F2N3O3S. The molecule has 0 radical (unpaired) electrons. The number of nitrogens with one attached hydrogen (secondary N) is 1. The maximum Gasteiger partial charge on any atom is 0.264 e. The standard InChI is InChI=1S/C15H17F2N3O3S/c16-11-4-5-15(14(17)7-11)24(21,22)19-12-8-18-20(9-12)10-13-3-1-2-6-23-13/h4-5,7-9,13,19H,1-3,6,10H2. The molecule has 1 N–H and O–H groups in total. The summed E-state index contributed by atoms with van der Waals surface area (Å²) in [5.41, 5.74) is 0.203. The topological polar surface area (TPSA) is 73.2 Å². The summed E-state index contributed by atoms with van der Waals surface area (Å²) in [6.45, 7) is 1.24. The first-order chi connectivity index (χ1) is 11.4. The number of nitrogens with zero attached hydrogens (tertiary/aromatic N) is 2. The molecule has 9 heteroatoms. The lowest BCUT2D eigenvalue weighted by molar-refractivity contribution is 0.00401. The molecule has 2 heterocycles. The molecule has 24 heavy (non-hydrogen) atoms. The van der Waals surface area contributed by atoms with Gasteiger partial charge in [-0.15, -0.1) is 0 Å². The maximum atomic E-state index is 13.7. The number of rotatable bonds is 5. The van der Waals surface area contributed by atoms with Gasteiger partial charge < -0.3 is 4.74 Å².